The molecule has 0 saturated carbocycles. The van der Waals surface area contributed by atoms with Gasteiger partial charge in [0.1, 0.15) is 5.75 Å². The molecule has 4 heteroatoms. The first kappa shape index (κ1) is 12.4. The summed E-state index contributed by atoms with van der Waals surface area (Å²) in [6.07, 6.45) is 4.35. The zero-order valence-corrected chi connectivity index (χ0v) is 10.3. The number of hydrogen-bond acceptors (Lipinski definition) is 3. The van der Waals surface area contributed by atoms with Gasteiger partial charge in [0.2, 0.25) is 5.91 Å². The summed E-state index contributed by atoms with van der Waals surface area (Å²) in [7, 11) is 1.59. The number of nitrogens with zero attached hydrogens (tertiary/aromatic N) is 1. The van der Waals surface area contributed by atoms with E-state index in [1.165, 1.54) is 11.0 Å². The summed E-state index contributed by atoms with van der Waals surface area (Å²) in [6, 6.07) is 7.39. The van der Waals surface area contributed by atoms with Gasteiger partial charge in [-0.05, 0) is 30.2 Å². The summed E-state index contributed by atoms with van der Waals surface area (Å²) in [5.41, 5.74) is 0.870. The molecule has 0 N–H and O–H groups in total. The maximum absolute atomic E-state index is 11.8. The molecule has 1 aliphatic rings. The van der Waals surface area contributed by atoms with E-state index in [0.29, 0.717) is 13.0 Å². The predicted molar refractivity (Wildman–Crippen MR) is 68.0 cm³/mol. The molecule has 2 rings (SSSR count). The van der Waals surface area contributed by atoms with Gasteiger partial charge >= 0.3 is 0 Å². The standard InChI is InChI=1S/C14H15NO3/c1-18-12-5-2-4-11(10-12)7-8-14(17)15-9-3-6-13(15)16/h2,4-5,7-8,10H,3,6,9H2,1H3. The molecule has 18 heavy (non-hydrogen) atoms. The van der Waals surface area contributed by atoms with Gasteiger partial charge in [-0.25, -0.2) is 0 Å². The fraction of sp³-hybridized carbons (Fsp3) is 0.286. The van der Waals surface area contributed by atoms with Crippen molar-refractivity contribution in [1.82, 2.24) is 4.90 Å². The Morgan fingerprint density at radius 2 is 2.28 bits per heavy atom. The van der Waals surface area contributed by atoms with Crippen LogP contribution < -0.4 is 4.74 Å². The van der Waals surface area contributed by atoms with Crippen LogP contribution in [-0.2, 0) is 9.59 Å². The van der Waals surface area contributed by atoms with E-state index in [9.17, 15) is 9.59 Å². The Balaban J connectivity index is 2.05. The smallest absolute Gasteiger partial charge is 0.253 e. The maximum Gasteiger partial charge on any atom is 0.253 e. The molecule has 4 nitrogen and oxygen atoms in total. The van der Waals surface area contributed by atoms with Gasteiger partial charge in [0, 0.05) is 19.0 Å². The van der Waals surface area contributed by atoms with Gasteiger partial charge in [-0.1, -0.05) is 12.1 Å². The first-order valence-electron chi connectivity index (χ1n) is 5.87. The number of carbonyl (C=O) groups excluding carboxylic acids is 2. The summed E-state index contributed by atoms with van der Waals surface area (Å²) in [5, 5.41) is 0. The Kier molecular flexibility index (Phi) is 3.77. The normalized spacial score (nSPS) is 15.4. The number of imide groups is 1. The zero-order chi connectivity index (χ0) is 13.0. The van der Waals surface area contributed by atoms with Crippen LogP contribution >= 0.6 is 0 Å². The third-order valence-electron chi connectivity index (χ3n) is 2.85. The lowest BCUT2D eigenvalue weighted by atomic mass is 10.2. The average molecular weight is 245 g/mol. The lowest BCUT2D eigenvalue weighted by molar-refractivity contribution is -0.138. The molecular formula is C14H15NO3. The summed E-state index contributed by atoms with van der Waals surface area (Å²) >= 11 is 0. The highest BCUT2D eigenvalue weighted by Crippen LogP contribution is 2.15. The van der Waals surface area contributed by atoms with Crippen molar-refractivity contribution in [3.63, 3.8) is 0 Å². The Morgan fingerprint density at radius 1 is 1.44 bits per heavy atom. The zero-order valence-electron chi connectivity index (χ0n) is 10.3. The molecule has 2 amide bonds. The number of carbonyl (C=O) groups is 2. The minimum atomic E-state index is -0.250. The fourth-order valence-electron chi connectivity index (χ4n) is 1.88. The second-order valence-corrected chi connectivity index (χ2v) is 4.10. The Morgan fingerprint density at radius 3 is 2.94 bits per heavy atom. The average Bonchev–Trinajstić information content (AvgIpc) is 2.82. The first-order valence-corrected chi connectivity index (χ1v) is 5.87. The quantitative estimate of drug-likeness (QED) is 0.763. The molecule has 1 saturated heterocycles. The highest BCUT2D eigenvalue weighted by Gasteiger charge is 2.24. The molecule has 0 atom stereocenters. The number of methoxy groups -OCH3 is 1. The van der Waals surface area contributed by atoms with Crippen LogP contribution in [0.1, 0.15) is 18.4 Å². The molecule has 1 aromatic carbocycles. The van der Waals surface area contributed by atoms with E-state index in [0.717, 1.165) is 17.7 Å². The third-order valence-corrected chi connectivity index (χ3v) is 2.85. The van der Waals surface area contributed by atoms with E-state index in [4.69, 9.17) is 4.74 Å². The molecule has 0 aliphatic carbocycles. The maximum atomic E-state index is 11.8. The van der Waals surface area contributed by atoms with Crippen molar-refractivity contribution in [1.29, 1.82) is 0 Å². The van der Waals surface area contributed by atoms with Gasteiger partial charge in [0.05, 0.1) is 7.11 Å². The van der Waals surface area contributed by atoms with Crippen molar-refractivity contribution in [2.24, 2.45) is 0 Å². The van der Waals surface area contributed by atoms with Crippen LogP contribution in [0.25, 0.3) is 6.08 Å². The molecule has 0 aromatic heterocycles. The minimum Gasteiger partial charge on any atom is -0.497 e. The van der Waals surface area contributed by atoms with Crippen molar-refractivity contribution in [3.8, 4) is 5.75 Å². The van der Waals surface area contributed by atoms with Gasteiger partial charge in [0.15, 0.2) is 0 Å². The van der Waals surface area contributed by atoms with Crippen LogP contribution in [0.15, 0.2) is 30.3 Å². The van der Waals surface area contributed by atoms with E-state index in [1.807, 2.05) is 24.3 Å². The molecule has 94 valence electrons. The monoisotopic (exact) mass is 245 g/mol. The highest BCUT2D eigenvalue weighted by molar-refractivity contribution is 6.03. The number of benzene rings is 1. The largest absolute Gasteiger partial charge is 0.497 e. The molecule has 1 aromatic rings. The second kappa shape index (κ2) is 5.49. The molecular weight excluding hydrogens is 230 g/mol. The second-order valence-electron chi connectivity index (χ2n) is 4.10. The molecule has 0 unspecified atom stereocenters. The highest BCUT2D eigenvalue weighted by atomic mass is 16.5. The number of rotatable bonds is 3. The summed E-state index contributed by atoms with van der Waals surface area (Å²) in [6.45, 7) is 0.528. The topological polar surface area (TPSA) is 46.6 Å². The molecule has 0 radical (unpaired) electrons. The van der Waals surface area contributed by atoms with Gasteiger partial charge < -0.3 is 4.74 Å². The van der Waals surface area contributed by atoms with E-state index in [2.05, 4.69) is 0 Å². The number of amides is 2. The van der Waals surface area contributed by atoms with Gasteiger partial charge in [-0.3, -0.25) is 14.5 Å². The lowest BCUT2D eigenvalue weighted by Crippen LogP contribution is -2.30. The van der Waals surface area contributed by atoms with Crippen LogP contribution in [0, 0.1) is 0 Å². The Hall–Kier alpha value is -2.10. The van der Waals surface area contributed by atoms with Crippen molar-refractivity contribution in [2.75, 3.05) is 13.7 Å². The van der Waals surface area contributed by atoms with E-state index < -0.39 is 0 Å². The van der Waals surface area contributed by atoms with Crippen molar-refractivity contribution < 1.29 is 14.3 Å². The Bertz CT molecular complexity index is 494. The molecule has 0 spiro atoms. The van der Waals surface area contributed by atoms with Crippen LogP contribution in [0.3, 0.4) is 0 Å². The van der Waals surface area contributed by atoms with Crippen LogP contribution in [-0.4, -0.2) is 30.4 Å². The minimum absolute atomic E-state index is 0.0877. The predicted octanol–water partition coefficient (Wildman–Crippen LogP) is 1.86. The van der Waals surface area contributed by atoms with E-state index >= 15 is 0 Å². The van der Waals surface area contributed by atoms with Crippen molar-refractivity contribution in [2.45, 2.75) is 12.8 Å². The van der Waals surface area contributed by atoms with E-state index in [-0.39, 0.29) is 11.8 Å². The lowest BCUT2D eigenvalue weighted by Gasteiger charge is -2.09. The van der Waals surface area contributed by atoms with Crippen LogP contribution in [0.2, 0.25) is 0 Å². The molecule has 0 bridgehead atoms. The van der Waals surface area contributed by atoms with Crippen LogP contribution in [0.4, 0.5) is 0 Å². The SMILES string of the molecule is COc1cccc(C=CC(=O)N2CCCC2=O)c1. The first-order chi connectivity index (χ1) is 8.70. The van der Waals surface area contributed by atoms with Crippen molar-refractivity contribution >= 4 is 17.9 Å². The van der Waals surface area contributed by atoms with Crippen LogP contribution in [0.5, 0.6) is 5.75 Å². The number of ether oxygens (including phenoxy) is 1. The fourth-order valence-corrected chi connectivity index (χ4v) is 1.88. The summed E-state index contributed by atoms with van der Waals surface area (Å²) in [5.74, 6) is 0.400. The molecule has 1 heterocycles. The Labute approximate surface area is 106 Å². The third kappa shape index (κ3) is 2.77. The van der Waals surface area contributed by atoms with E-state index in [1.54, 1.807) is 13.2 Å². The van der Waals surface area contributed by atoms with Gasteiger partial charge in [-0.2, -0.15) is 0 Å². The van der Waals surface area contributed by atoms with Gasteiger partial charge in [0.25, 0.3) is 5.91 Å². The molecule has 1 fully saturated rings. The molecule has 1 aliphatic heterocycles. The summed E-state index contributed by atoms with van der Waals surface area (Å²) in [4.78, 5) is 24.4. The number of hydrogen-bond donors (Lipinski definition) is 0. The summed E-state index contributed by atoms with van der Waals surface area (Å²) < 4.78 is 5.10. The van der Waals surface area contributed by atoms with Crippen molar-refractivity contribution in [3.05, 3.63) is 35.9 Å². The van der Waals surface area contributed by atoms with Gasteiger partial charge in [-0.15, -0.1) is 0 Å². The number of likely N-dealkylation sites (tertiary alicyclic amines) is 1.